The number of aromatic nitrogens is 4. The lowest BCUT2D eigenvalue weighted by atomic mass is 9.85. The zero-order chi connectivity index (χ0) is 53.9. The minimum Gasteiger partial charge on any atom is -0.379 e. The zero-order valence-electron chi connectivity index (χ0n) is 45.0. The average Bonchev–Trinajstić information content (AvgIpc) is 4.20. The van der Waals surface area contributed by atoms with E-state index >= 15 is 0 Å². The third-order valence-electron chi connectivity index (χ3n) is 15.5. The molecule has 0 bridgehead atoms. The SMILES string of the molecule is CC.N#Cc1cnc(C(=O)Nc2ccc(C3CCN(C(=O)CCN4CCOCC4)CC3)cc2C2=CCCCC2)[nH]1.N#Cc1cnc(C(=O)Nc2ccc(C3CCN(C(=O)CN4CCOCC4)CC3)cc2C2=CCCCC2)[nH]1. The summed E-state index contributed by atoms with van der Waals surface area (Å²) < 4.78 is 10.8. The van der Waals surface area contributed by atoms with Crippen molar-refractivity contribution in [3.05, 3.63) is 106 Å². The van der Waals surface area contributed by atoms with Gasteiger partial charge in [0.15, 0.2) is 11.6 Å². The fraction of sp³-hybridized carbons (Fsp3) is 0.525. The molecule has 4 saturated heterocycles. The number of piperidine rings is 2. The predicted molar refractivity (Wildman–Crippen MR) is 296 cm³/mol. The molecule has 4 amide bonds. The van der Waals surface area contributed by atoms with E-state index in [4.69, 9.17) is 20.0 Å². The Balaban J connectivity index is 0.000000197. The predicted octanol–water partition coefficient (Wildman–Crippen LogP) is 8.47. The van der Waals surface area contributed by atoms with Crippen molar-refractivity contribution in [2.24, 2.45) is 0 Å². The maximum atomic E-state index is 12.8. The number of anilines is 2. The molecule has 18 nitrogen and oxygen atoms in total. The van der Waals surface area contributed by atoms with Gasteiger partial charge in [-0.15, -0.1) is 0 Å². The molecule has 18 heteroatoms. The lowest BCUT2D eigenvalue weighted by Gasteiger charge is -2.35. The van der Waals surface area contributed by atoms with Crippen molar-refractivity contribution in [1.82, 2.24) is 39.5 Å². The molecule has 4 aliphatic heterocycles. The molecular formula is C59H76N12O6. The summed E-state index contributed by atoms with van der Waals surface area (Å²) in [6, 6.07) is 16.6. The lowest BCUT2D eigenvalue weighted by molar-refractivity contribution is -0.134. The highest BCUT2D eigenvalue weighted by Crippen LogP contribution is 2.39. The molecule has 2 aliphatic carbocycles. The highest BCUT2D eigenvalue weighted by atomic mass is 16.5. The number of ether oxygens (including phenoxy) is 2. The van der Waals surface area contributed by atoms with E-state index in [9.17, 15) is 19.2 Å². The van der Waals surface area contributed by atoms with Gasteiger partial charge in [-0.1, -0.05) is 38.1 Å². The molecule has 6 aliphatic rings. The third kappa shape index (κ3) is 15.4. The summed E-state index contributed by atoms with van der Waals surface area (Å²) in [5.41, 5.74) is 9.19. The van der Waals surface area contributed by atoms with Gasteiger partial charge in [-0.3, -0.25) is 29.0 Å². The van der Waals surface area contributed by atoms with Crippen LogP contribution < -0.4 is 10.6 Å². The average molecular weight is 1050 g/mol. The maximum Gasteiger partial charge on any atom is 0.291 e. The van der Waals surface area contributed by atoms with Crippen LogP contribution in [0.15, 0.2) is 60.9 Å². The number of carbonyl (C=O) groups excluding carboxylic acids is 4. The number of nitrogens with zero attached hydrogens (tertiary/aromatic N) is 8. The van der Waals surface area contributed by atoms with E-state index in [1.165, 1.54) is 47.5 Å². The van der Waals surface area contributed by atoms with E-state index in [1.807, 2.05) is 47.9 Å². The molecule has 0 saturated carbocycles. The molecule has 2 aromatic carbocycles. The second-order valence-corrected chi connectivity index (χ2v) is 20.4. The Hall–Kier alpha value is -6.96. The lowest BCUT2D eigenvalue weighted by Crippen LogP contribution is -2.46. The summed E-state index contributed by atoms with van der Waals surface area (Å²) in [7, 11) is 0. The Morgan fingerprint density at radius 1 is 0.610 bits per heavy atom. The molecule has 10 rings (SSSR count). The number of hydrogen-bond acceptors (Lipinski definition) is 12. The number of imidazole rings is 2. The number of rotatable bonds is 13. The van der Waals surface area contributed by atoms with Gasteiger partial charge < -0.3 is 39.9 Å². The van der Waals surface area contributed by atoms with Crippen LogP contribution in [0.2, 0.25) is 0 Å². The van der Waals surface area contributed by atoms with Gasteiger partial charge in [0.2, 0.25) is 11.8 Å². The van der Waals surface area contributed by atoms with E-state index in [1.54, 1.807) is 0 Å². The number of hydrogen-bond donors (Lipinski definition) is 4. The van der Waals surface area contributed by atoms with Crippen molar-refractivity contribution in [2.75, 3.05) is 103 Å². The van der Waals surface area contributed by atoms with Crippen molar-refractivity contribution in [2.45, 2.75) is 109 Å². The fourth-order valence-electron chi connectivity index (χ4n) is 11.1. The minimum atomic E-state index is -0.362. The Bertz CT molecular complexity index is 2790. The van der Waals surface area contributed by atoms with Crippen LogP contribution in [0.4, 0.5) is 11.4 Å². The number of nitrogens with one attached hydrogen (secondary N) is 4. The topological polar surface area (TPSA) is 229 Å². The minimum absolute atomic E-state index is 0.123. The van der Waals surface area contributed by atoms with Crippen LogP contribution in [0.1, 0.15) is 164 Å². The maximum absolute atomic E-state index is 12.8. The van der Waals surface area contributed by atoms with Crippen molar-refractivity contribution < 1.29 is 28.7 Å². The van der Waals surface area contributed by atoms with E-state index < -0.39 is 0 Å². The normalized spacial score (nSPS) is 18.7. The summed E-state index contributed by atoms with van der Waals surface area (Å²) in [6.07, 6.45) is 20.3. The molecule has 0 unspecified atom stereocenters. The number of aromatic amines is 2. The van der Waals surface area contributed by atoms with Crippen LogP contribution in [-0.2, 0) is 19.1 Å². The van der Waals surface area contributed by atoms with Crippen LogP contribution in [0.25, 0.3) is 11.1 Å². The summed E-state index contributed by atoms with van der Waals surface area (Å²) in [5.74, 6) is 0.748. The molecule has 6 heterocycles. The Morgan fingerprint density at radius 3 is 1.47 bits per heavy atom. The van der Waals surface area contributed by atoms with E-state index in [2.05, 4.69) is 76.8 Å². The number of nitriles is 2. The molecule has 4 fully saturated rings. The number of H-pyrrole nitrogens is 2. The van der Waals surface area contributed by atoms with Crippen LogP contribution >= 0.6 is 0 Å². The van der Waals surface area contributed by atoms with Crippen LogP contribution in [0.5, 0.6) is 0 Å². The van der Waals surface area contributed by atoms with Crippen LogP contribution in [-0.4, -0.2) is 155 Å². The second-order valence-electron chi connectivity index (χ2n) is 20.4. The first kappa shape index (κ1) is 56.2. The molecule has 0 radical (unpaired) electrons. The first-order valence-corrected chi connectivity index (χ1v) is 28.1. The second kappa shape index (κ2) is 28.4. The molecule has 77 heavy (non-hydrogen) atoms. The van der Waals surface area contributed by atoms with Crippen molar-refractivity contribution in [3.63, 3.8) is 0 Å². The highest BCUT2D eigenvalue weighted by molar-refractivity contribution is 6.04. The quantitative estimate of drug-likeness (QED) is 0.0989. The number of carbonyl (C=O) groups is 4. The molecule has 4 N–H and O–H groups in total. The number of benzene rings is 2. The van der Waals surface area contributed by atoms with Gasteiger partial charge in [0, 0.05) is 87.8 Å². The summed E-state index contributed by atoms with van der Waals surface area (Å²) in [5, 5.41) is 24.1. The summed E-state index contributed by atoms with van der Waals surface area (Å²) >= 11 is 0. The van der Waals surface area contributed by atoms with E-state index in [0.717, 1.165) is 159 Å². The number of amides is 4. The Labute approximate surface area is 453 Å². The van der Waals surface area contributed by atoms with Crippen molar-refractivity contribution in [3.8, 4) is 12.1 Å². The first-order valence-electron chi connectivity index (χ1n) is 28.1. The Kier molecular flexibility index (Phi) is 20.8. The van der Waals surface area contributed by atoms with Gasteiger partial charge >= 0.3 is 0 Å². The van der Waals surface area contributed by atoms with Gasteiger partial charge in [0.25, 0.3) is 11.8 Å². The molecule has 0 spiro atoms. The van der Waals surface area contributed by atoms with Gasteiger partial charge in [0.05, 0.1) is 45.4 Å². The monoisotopic (exact) mass is 1050 g/mol. The van der Waals surface area contributed by atoms with Gasteiger partial charge in [-0.05, 0) is 135 Å². The number of allylic oxidation sites excluding steroid dienone is 4. The third-order valence-corrected chi connectivity index (χ3v) is 15.5. The van der Waals surface area contributed by atoms with Crippen LogP contribution in [0, 0.1) is 22.7 Å². The Morgan fingerprint density at radius 2 is 1.05 bits per heavy atom. The molecule has 4 aromatic rings. The van der Waals surface area contributed by atoms with Gasteiger partial charge in [-0.2, -0.15) is 10.5 Å². The van der Waals surface area contributed by atoms with Gasteiger partial charge in [-0.25, -0.2) is 9.97 Å². The molecule has 2 aromatic heterocycles. The van der Waals surface area contributed by atoms with E-state index in [-0.39, 0.29) is 46.7 Å². The summed E-state index contributed by atoms with van der Waals surface area (Å²) in [6.45, 7) is 14.8. The fourth-order valence-corrected chi connectivity index (χ4v) is 11.1. The van der Waals surface area contributed by atoms with Gasteiger partial charge in [0.1, 0.15) is 23.5 Å². The smallest absolute Gasteiger partial charge is 0.291 e. The zero-order valence-corrected chi connectivity index (χ0v) is 45.0. The molecule has 0 atom stereocenters. The van der Waals surface area contributed by atoms with E-state index in [0.29, 0.717) is 38.0 Å². The largest absolute Gasteiger partial charge is 0.379 e. The van der Waals surface area contributed by atoms with Crippen molar-refractivity contribution in [1.29, 1.82) is 10.5 Å². The molecular weight excluding hydrogens is 973 g/mol. The first-order chi connectivity index (χ1) is 37.7. The highest BCUT2D eigenvalue weighted by Gasteiger charge is 2.29. The standard InChI is InChI=1S/C29H36N6O3.C28H34N6O3.C2H6/c30-19-24-20-31-28(32-24)29(37)33-26-7-6-23(18-25(26)22-4-2-1-3-5-22)21-8-12-35(13-9-21)27(36)10-11-34-14-16-38-17-15-34;29-17-23-18-30-27(31-23)28(36)32-25-7-6-22(16-24(25)21-4-2-1-3-5-21)20-8-10-34(11-9-20)26(35)19-33-12-14-37-15-13-33;1-2/h4,6-7,18,20-21H,1-3,5,8-17H2,(H,31,32)(H,33,37);4,6-7,16,18,20H,1-3,5,8-15,19H2,(H,30,31)(H,32,36);1-2H3. The van der Waals surface area contributed by atoms with Crippen LogP contribution in [0.3, 0.4) is 0 Å². The summed E-state index contributed by atoms with van der Waals surface area (Å²) in [4.78, 5) is 73.4. The number of morpholine rings is 2. The van der Waals surface area contributed by atoms with Crippen molar-refractivity contribution >= 4 is 46.1 Å². The molecule has 408 valence electrons. The number of likely N-dealkylation sites (tertiary alicyclic amines) is 2.